The molecule has 1 fully saturated rings. The summed E-state index contributed by atoms with van der Waals surface area (Å²) in [5, 5.41) is 9.33. The average Bonchev–Trinajstić information content (AvgIpc) is 3.34. The molecule has 140 valence electrons. The molecule has 1 saturated carbocycles. The van der Waals surface area contributed by atoms with E-state index in [0.717, 1.165) is 21.7 Å². The highest BCUT2D eigenvalue weighted by Gasteiger charge is 2.28. The first kappa shape index (κ1) is 16.9. The van der Waals surface area contributed by atoms with Crippen LogP contribution in [-0.4, -0.2) is 20.1 Å². The Balaban J connectivity index is 1.37. The Morgan fingerprint density at radius 3 is 2.89 bits per heavy atom. The van der Waals surface area contributed by atoms with Crippen molar-refractivity contribution in [3.05, 3.63) is 86.6 Å². The number of hydrogen-bond donors (Lipinski definition) is 1. The lowest BCUT2D eigenvalue weighted by atomic mass is 10.1. The topological polar surface area (TPSA) is 68.4 Å². The van der Waals surface area contributed by atoms with E-state index in [0.29, 0.717) is 18.1 Å². The minimum atomic E-state index is -0.183. The van der Waals surface area contributed by atoms with Crippen LogP contribution in [0.1, 0.15) is 39.6 Å². The zero-order valence-electron chi connectivity index (χ0n) is 15.0. The molecule has 1 N–H and O–H groups in total. The fraction of sp³-hybridized carbons (Fsp3) is 0.190. The van der Waals surface area contributed by atoms with Crippen LogP contribution in [0.3, 0.4) is 0 Å². The van der Waals surface area contributed by atoms with Gasteiger partial charge in [0, 0.05) is 11.9 Å². The monoisotopic (exact) mass is 390 g/mol. The predicted molar refractivity (Wildman–Crippen MR) is 109 cm³/mol. The summed E-state index contributed by atoms with van der Waals surface area (Å²) in [6, 6.07) is 15.1. The Morgan fingerprint density at radius 1 is 1.18 bits per heavy atom. The van der Waals surface area contributed by atoms with Crippen molar-refractivity contribution in [1.29, 1.82) is 0 Å². The van der Waals surface area contributed by atoms with Gasteiger partial charge in [0.2, 0.25) is 0 Å². The highest BCUT2D eigenvalue weighted by Crippen LogP contribution is 2.43. The Bertz CT molecular complexity index is 1230. The molecule has 1 aliphatic rings. The number of amides is 1. The first-order chi connectivity index (χ1) is 13.7. The maximum atomic E-state index is 12.7. The van der Waals surface area contributed by atoms with E-state index in [1.54, 1.807) is 18.3 Å². The molecule has 1 amide bonds. The second-order valence-corrected chi connectivity index (χ2v) is 7.92. The number of nitrogens with zero attached hydrogens (tertiary/aromatic N) is 3. The Kier molecular flexibility index (Phi) is 4.09. The highest BCUT2D eigenvalue weighted by molar-refractivity contribution is 7.12. The normalized spacial score (nSPS) is 13.7. The quantitative estimate of drug-likeness (QED) is 0.564. The van der Waals surface area contributed by atoms with Gasteiger partial charge in [0.15, 0.2) is 5.65 Å². The van der Waals surface area contributed by atoms with Crippen LogP contribution in [0, 0.1) is 0 Å². The molecule has 0 aliphatic heterocycles. The highest BCUT2D eigenvalue weighted by atomic mass is 32.1. The van der Waals surface area contributed by atoms with Crippen molar-refractivity contribution >= 4 is 28.6 Å². The number of rotatable bonds is 5. The number of fused-ring (bicyclic) bond motifs is 1. The molecular weight excluding hydrogens is 372 g/mol. The third-order valence-corrected chi connectivity index (χ3v) is 5.85. The van der Waals surface area contributed by atoms with Crippen LogP contribution in [0.25, 0.3) is 5.65 Å². The van der Waals surface area contributed by atoms with E-state index in [2.05, 4.69) is 16.5 Å². The first-order valence-corrected chi connectivity index (χ1v) is 10.1. The number of anilines is 1. The van der Waals surface area contributed by atoms with Gasteiger partial charge in [-0.1, -0.05) is 18.2 Å². The molecule has 0 bridgehead atoms. The van der Waals surface area contributed by atoms with Crippen molar-refractivity contribution in [2.24, 2.45) is 0 Å². The van der Waals surface area contributed by atoms with Crippen molar-refractivity contribution < 1.29 is 4.79 Å². The summed E-state index contributed by atoms with van der Waals surface area (Å²) >= 11 is 1.49. The minimum absolute atomic E-state index is 0.0704. The van der Waals surface area contributed by atoms with Crippen LogP contribution in [0.2, 0.25) is 0 Å². The second-order valence-electron chi connectivity index (χ2n) is 7.00. The number of aromatic nitrogens is 3. The third-order valence-electron chi connectivity index (χ3n) is 4.92. The van der Waals surface area contributed by atoms with Crippen molar-refractivity contribution in [2.45, 2.75) is 25.3 Å². The van der Waals surface area contributed by atoms with Crippen LogP contribution in [0.15, 0.2) is 64.9 Å². The summed E-state index contributed by atoms with van der Waals surface area (Å²) in [4.78, 5) is 25.9. The molecule has 0 unspecified atom stereocenters. The molecule has 0 atom stereocenters. The number of benzene rings is 1. The van der Waals surface area contributed by atoms with Gasteiger partial charge in [-0.15, -0.1) is 16.4 Å². The van der Waals surface area contributed by atoms with E-state index in [-0.39, 0.29) is 11.6 Å². The van der Waals surface area contributed by atoms with Gasteiger partial charge in [-0.05, 0) is 65.6 Å². The van der Waals surface area contributed by atoms with Crippen LogP contribution in [0.5, 0.6) is 0 Å². The molecule has 3 heterocycles. The molecule has 1 aliphatic carbocycles. The molecule has 7 heteroatoms. The second kappa shape index (κ2) is 6.76. The van der Waals surface area contributed by atoms with Gasteiger partial charge >= 0.3 is 5.69 Å². The Morgan fingerprint density at radius 2 is 2.07 bits per heavy atom. The Labute approximate surface area is 165 Å². The van der Waals surface area contributed by atoms with Crippen molar-refractivity contribution in [1.82, 2.24) is 14.2 Å². The predicted octanol–water partition coefficient (Wildman–Crippen LogP) is 3.74. The van der Waals surface area contributed by atoms with Crippen LogP contribution >= 0.6 is 11.3 Å². The van der Waals surface area contributed by atoms with Crippen molar-refractivity contribution in [2.75, 3.05) is 5.32 Å². The minimum Gasteiger partial charge on any atom is -0.321 e. The van der Waals surface area contributed by atoms with E-state index in [1.807, 2.05) is 35.7 Å². The van der Waals surface area contributed by atoms with Crippen LogP contribution in [-0.2, 0) is 6.54 Å². The lowest BCUT2D eigenvalue weighted by Gasteiger charge is -2.08. The molecule has 0 radical (unpaired) electrons. The van der Waals surface area contributed by atoms with Crippen LogP contribution in [0.4, 0.5) is 5.69 Å². The van der Waals surface area contributed by atoms with Crippen LogP contribution < -0.4 is 11.0 Å². The summed E-state index contributed by atoms with van der Waals surface area (Å²) < 4.78 is 2.95. The number of carbonyl (C=O) groups excluding carboxylic acids is 1. The number of hydrogen-bond acceptors (Lipinski definition) is 4. The number of thiophene rings is 1. The molecule has 6 nitrogen and oxygen atoms in total. The zero-order valence-corrected chi connectivity index (χ0v) is 15.9. The number of pyridine rings is 1. The van der Waals surface area contributed by atoms with Gasteiger partial charge in [0.1, 0.15) is 0 Å². The summed E-state index contributed by atoms with van der Waals surface area (Å²) in [5.74, 6) is 0.471. The van der Waals surface area contributed by atoms with E-state index in [9.17, 15) is 9.59 Å². The van der Waals surface area contributed by atoms with E-state index >= 15 is 0 Å². The lowest BCUT2D eigenvalue weighted by molar-refractivity contribution is 0.102. The van der Waals surface area contributed by atoms with Crippen molar-refractivity contribution in [3.8, 4) is 0 Å². The standard InChI is InChI=1S/C21H18N4O2S/c26-20(19-17(9-11-28-19)15-7-8-15)22-16-5-3-4-14(12-16)13-25-21(27)24-10-2-1-6-18(24)23-25/h1-6,9-12,15H,7-8,13H2,(H,22,26). The fourth-order valence-electron chi connectivity index (χ4n) is 3.40. The Hall–Kier alpha value is -3.19. The molecule has 5 rings (SSSR count). The summed E-state index contributed by atoms with van der Waals surface area (Å²) in [6.07, 6.45) is 4.04. The maximum Gasteiger partial charge on any atom is 0.350 e. The fourth-order valence-corrected chi connectivity index (χ4v) is 4.28. The van der Waals surface area contributed by atoms with E-state index in [4.69, 9.17) is 0 Å². The van der Waals surface area contributed by atoms with E-state index in [1.165, 1.54) is 33.3 Å². The molecule has 28 heavy (non-hydrogen) atoms. The van der Waals surface area contributed by atoms with Gasteiger partial charge in [-0.25, -0.2) is 9.48 Å². The largest absolute Gasteiger partial charge is 0.350 e. The lowest BCUT2D eigenvalue weighted by Crippen LogP contribution is -2.21. The van der Waals surface area contributed by atoms with Gasteiger partial charge in [0.25, 0.3) is 5.91 Å². The summed E-state index contributed by atoms with van der Waals surface area (Å²) in [6.45, 7) is 0.344. The van der Waals surface area contributed by atoms with E-state index < -0.39 is 0 Å². The smallest absolute Gasteiger partial charge is 0.321 e. The maximum absolute atomic E-state index is 12.7. The molecule has 3 aromatic heterocycles. The SMILES string of the molecule is O=C(Nc1cccc(Cn2nc3ccccn3c2=O)c1)c1sccc1C1CC1. The molecule has 0 spiro atoms. The molecular formula is C21H18N4O2S. The molecule has 4 aromatic rings. The number of nitrogens with one attached hydrogen (secondary N) is 1. The third kappa shape index (κ3) is 3.14. The van der Waals surface area contributed by atoms with Crippen molar-refractivity contribution in [3.63, 3.8) is 0 Å². The zero-order chi connectivity index (χ0) is 19.1. The van der Waals surface area contributed by atoms with Gasteiger partial charge in [0.05, 0.1) is 11.4 Å². The molecule has 1 aromatic carbocycles. The van der Waals surface area contributed by atoms with Gasteiger partial charge in [-0.3, -0.25) is 9.20 Å². The van der Waals surface area contributed by atoms with Gasteiger partial charge in [-0.2, -0.15) is 0 Å². The average molecular weight is 390 g/mol. The summed E-state index contributed by atoms with van der Waals surface area (Å²) in [5.41, 5.74) is 3.21. The first-order valence-electron chi connectivity index (χ1n) is 9.21. The molecule has 0 saturated heterocycles. The number of carbonyl (C=O) groups is 1. The summed E-state index contributed by atoms with van der Waals surface area (Å²) in [7, 11) is 0. The van der Waals surface area contributed by atoms with Gasteiger partial charge < -0.3 is 5.32 Å².